The molecule has 0 unspecified atom stereocenters. The molecule has 132 valence electrons. The van der Waals surface area contributed by atoms with Crippen LogP contribution < -0.4 is 5.32 Å². The first-order valence-electron chi connectivity index (χ1n) is 6.56. The van der Waals surface area contributed by atoms with Gasteiger partial charge in [0, 0.05) is 12.6 Å². The number of nitro groups is 1. The van der Waals surface area contributed by atoms with E-state index in [1.807, 2.05) is 0 Å². The van der Waals surface area contributed by atoms with Crippen LogP contribution in [-0.2, 0) is 12.4 Å². The third-order valence-electron chi connectivity index (χ3n) is 3.07. The third kappa shape index (κ3) is 3.21. The fourth-order valence-corrected chi connectivity index (χ4v) is 2.08. The van der Waals surface area contributed by atoms with E-state index in [0.29, 0.717) is 6.42 Å². The number of anilines is 1. The molecule has 1 heterocycles. The predicted molar refractivity (Wildman–Crippen MR) is 71.5 cm³/mol. The fourth-order valence-electron chi connectivity index (χ4n) is 2.08. The molecule has 0 amide bonds. The quantitative estimate of drug-likeness (QED) is 0.485. The highest BCUT2D eigenvalue weighted by molar-refractivity contribution is 5.96. The van der Waals surface area contributed by atoms with Crippen LogP contribution in [0.3, 0.4) is 0 Å². The molecule has 0 aliphatic carbocycles. The summed E-state index contributed by atoms with van der Waals surface area (Å²) in [5, 5.41) is 13.3. The van der Waals surface area contributed by atoms with Gasteiger partial charge in [0.25, 0.3) is 5.69 Å². The van der Waals surface area contributed by atoms with E-state index in [9.17, 15) is 36.5 Å². The van der Waals surface area contributed by atoms with Crippen molar-refractivity contribution in [1.82, 2.24) is 9.97 Å². The van der Waals surface area contributed by atoms with Gasteiger partial charge in [-0.05, 0) is 6.42 Å². The molecule has 0 spiro atoms. The van der Waals surface area contributed by atoms with Crippen molar-refractivity contribution in [1.29, 1.82) is 0 Å². The number of hydrogen-bond acceptors (Lipinski definition) is 4. The molecule has 12 heteroatoms. The zero-order valence-corrected chi connectivity index (χ0v) is 12.0. The molecule has 6 nitrogen and oxygen atoms in total. The van der Waals surface area contributed by atoms with Crippen molar-refractivity contribution in [3.05, 3.63) is 27.6 Å². The highest BCUT2D eigenvalue weighted by Gasteiger charge is 2.41. The highest BCUT2D eigenvalue weighted by Crippen LogP contribution is 2.43. The second kappa shape index (κ2) is 5.83. The van der Waals surface area contributed by atoms with E-state index in [4.69, 9.17) is 0 Å². The van der Waals surface area contributed by atoms with Gasteiger partial charge in [-0.25, -0.2) is 4.98 Å². The second-order valence-electron chi connectivity index (χ2n) is 4.81. The number of rotatable bonds is 4. The van der Waals surface area contributed by atoms with Crippen LogP contribution in [0.1, 0.15) is 24.7 Å². The molecule has 0 aliphatic rings. The van der Waals surface area contributed by atoms with Gasteiger partial charge in [-0.15, -0.1) is 0 Å². The van der Waals surface area contributed by atoms with Gasteiger partial charge in [-0.3, -0.25) is 10.1 Å². The van der Waals surface area contributed by atoms with E-state index in [1.54, 1.807) is 11.9 Å². The molecule has 0 fully saturated rings. The maximum atomic E-state index is 13.2. The highest BCUT2D eigenvalue weighted by atomic mass is 19.4. The lowest BCUT2D eigenvalue weighted by molar-refractivity contribution is -0.383. The van der Waals surface area contributed by atoms with Gasteiger partial charge in [0.1, 0.15) is 11.0 Å². The molecule has 1 aromatic carbocycles. The van der Waals surface area contributed by atoms with Gasteiger partial charge >= 0.3 is 12.4 Å². The molecular formula is C12H10F6N4O2. The molecule has 2 rings (SSSR count). The number of aromatic nitrogens is 2. The van der Waals surface area contributed by atoms with E-state index in [2.05, 4.69) is 10.3 Å². The molecule has 2 N–H and O–H groups in total. The van der Waals surface area contributed by atoms with Crippen molar-refractivity contribution in [2.45, 2.75) is 25.7 Å². The maximum absolute atomic E-state index is 13.2. The summed E-state index contributed by atoms with van der Waals surface area (Å²) in [6.07, 6.45) is -9.62. The average molecular weight is 356 g/mol. The van der Waals surface area contributed by atoms with Gasteiger partial charge < -0.3 is 10.3 Å². The van der Waals surface area contributed by atoms with Crippen molar-refractivity contribution < 1.29 is 31.3 Å². The summed E-state index contributed by atoms with van der Waals surface area (Å²) in [7, 11) is 0. The average Bonchev–Trinajstić information content (AvgIpc) is 2.87. The number of imidazole rings is 1. The summed E-state index contributed by atoms with van der Waals surface area (Å²) in [4.78, 5) is 14.6. The number of halogens is 6. The van der Waals surface area contributed by atoms with E-state index in [0.717, 1.165) is 0 Å². The number of aromatic amines is 1. The maximum Gasteiger partial charge on any atom is 0.449 e. The van der Waals surface area contributed by atoms with Crippen LogP contribution in [0.2, 0.25) is 0 Å². The Kier molecular flexibility index (Phi) is 4.33. The molecule has 0 radical (unpaired) electrons. The van der Waals surface area contributed by atoms with Gasteiger partial charge in [0.15, 0.2) is 0 Å². The predicted octanol–water partition coefficient (Wildman–Crippen LogP) is 4.33. The molecular weight excluding hydrogens is 346 g/mol. The van der Waals surface area contributed by atoms with E-state index in [1.165, 1.54) is 0 Å². The van der Waals surface area contributed by atoms with Crippen LogP contribution in [-0.4, -0.2) is 21.4 Å². The number of non-ortho nitro benzene ring substituents is 1. The number of fused-ring (bicyclic) bond motifs is 1. The summed E-state index contributed by atoms with van der Waals surface area (Å²) in [5.74, 6) is -1.61. The molecule has 1 aromatic heterocycles. The lowest BCUT2D eigenvalue weighted by Crippen LogP contribution is -2.13. The Hall–Kier alpha value is -2.53. The number of benzene rings is 1. The third-order valence-corrected chi connectivity index (χ3v) is 3.07. The number of H-pyrrole nitrogens is 1. The normalized spacial score (nSPS) is 12.6. The number of hydrogen-bond donors (Lipinski definition) is 2. The van der Waals surface area contributed by atoms with Crippen LogP contribution in [0, 0.1) is 10.1 Å². The standard InChI is InChI=1S/C12H10F6N4O2/c1-2-3-19-7-5(11(13,14)15)4-6(22(23)24)8-9(7)21-10(20-8)12(16,17)18/h4,19H,2-3H2,1H3,(H,20,21). The van der Waals surface area contributed by atoms with Crippen molar-refractivity contribution >= 4 is 22.4 Å². The monoisotopic (exact) mass is 356 g/mol. The Balaban J connectivity index is 2.88. The first-order chi connectivity index (χ1) is 11.0. The smallest absolute Gasteiger partial charge is 0.383 e. The van der Waals surface area contributed by atoms with Crippen LogP contribution in [0.15, 0.2) is 6.07 Å². The van der Waals surface area contributed by atoms with Crippen molar-refractivity contribution in [2.24, 2.45) is 0 Å². The minimum absolute atomic E-state index is 0.0181. The second-order valence-corrected chi connectivity index (χ2v) is 4.81. The molecule has 2 aromatic rings. The van der Waals surface area contributed by atoms with Crippen LogP contribution in [0.25, 0.3) is 11.0 Å². The Morgan fingerprint density at radius 3 is 2.33 bits per heavy atom. The van der Waals surface area contributed by atoms with E-state index >= 15 is 0 Å². The van der Waals surface area contributed by atoms with Gasteiger partial charge in [0.05, 0.1) is 16.2 Å². The van der Waals surface area contributed by atoms with Crippen LogP contribution >= 0.6 is 0 Å². The topological polar surface area (TPSA) is 83.9 Å². The van der Waals surface area contributed by atoms with Crippen molar-refractivity contribution in [3.63, 3.8) is 0 Å². The number of nitrogens with one attached hydrogen (secondary N) is 2. The first kappa shape index (κ1) is 17.8. The number of nitro benzene ring substituents is 1. The largest absolute Gasteiger partial charge is 0.449 e. The number of alkyl halides is 6. The van der Waals surface area contributed by atoms with Crippen molar-refractivity contribution in [3.8, 4) is 0 Å². The van der Waals surface area contributed by atoms with Gasteiger partial charge in [0.2, 0.25) is 5.82 Å². The van der Waals surface area contributed by atoms with E-state index < -0.39 is 51.1 Å². The number of nitrogens with zero attached hydrogens (tertiary/aromatic N) is 2. The first-order valence-corrected chi connectivity index (χ1v) is 6.56. The molecule has 24 heavy (non-hydrogen) atoms. The molecule has 0 aliphatic heterocycles. The summed E-state index contributed by atoms with van der Waals surface area (Å²) in [6.45, 7) is 1.65. The summed E-state index contributed by atoms with van der Waals surface area (Å²) < 4.78 is 77.8. The summed E-state index contributed by atoms with van der Waals surface area (Å²) in [5.41, 5.74) is -4.81. The minimum atomic E-state index is -5.01. The molecule has 0 atom stereocenters. The van der Waals surface area contributed by atoms with Crippen LogP contribution in [0.4, 0.5) is 37.7 Å². The van der Waals surface area contributed by atoms with Gasteiger partial charge in [-0.2, -0.15) is 26.3 Å². The Morgan fingerprint density at radius 1 is 1.25 bits per heavy atom. The van der Waals surface area contributed by atoms with Crippen molar-refractivity contribution in [2.75, 3.05) is 11.9 Å². The molecule has 0 saturated carbocycles. The van der Waals surface area contributed by atoms with E-state index in [-0.39, 0.29) is 12.6 Å². The zero-order chi connectivity index (χ0) is 18.3. The summed E-state index contributed by atoms with van der Waals surface area (Å²) in [6, 6.07) is 0.193. The molecule has 0 bridgehead atoms. The minimum Gasteiger partial charge on any atom is -0.383 e. The Labute approximate surface area is 130 Å². The van der Waals surface area contributed by atoms with Crippen LogP contribution in [0.5, 0.6) is 0 Å². The van der Waals surface area contributed by atoms with Gasteiger partial charge in [-0.1, -0.05) is 6.92 Å². The lowest BCUT2D eigenvalue weighted by Gasteiger charge is -2.14. The lowest BCUT2D eigenvalue weighted by atomic mass is 10.1. The Morgan fingerprint density at radius 2 is 1.88 bits per heavy atom. The fraction of sp³-hybridized carbons (Fsp3) is 0.417. The Bertz CT molecular complexity index is 780. The summed E-state index contributed by atoms with van der Waals surface area (Å²) >= 11 is 0. The SMILES string of the molecule is CCCNc1c(C(F)(F)F)cc([N+](=O)[O-])c2[nH]c(C(F)(F)F)nc12. The zero-order valence-electron chi connectivity index (χ0n) is 12.0. The molecule has 0 saturated heterocycles.